The molecule has 3 rings (SSSR count). The number of sulfonamides is 1. The Hall–Kier alpha value is -2.58. The van der Waals surface area contributed by atoms with Crippen LogP contribution in [0.3, 0.4) is 0 Å². The molecule has 0 aliphatic carbocycles. The summed E-state index contributed by atoms with van der Waals surface area (Å²) in [7, 11) is -1.68. The van der Waals surface area contributed by atoms with Crippen molar-refractivity contribution in [2.45, 2.75) is 6.54 Å². The Morgan fingerprint density at radius 2 is 1.62 bits per heavy atom. The van der Waals surface area contributed by atoms with Gasteiger partial charge in [0.15, 0.2) is 6.61 Å². The molecule has 0 aromatic heterocycles. The number of carbonyl (C=O) groups excluding carboxylic acids is 1. The molecule has 1 saturated heterocycles. The molecule has 0 radical (unpaired) electrons. The molecule has 0 atom stereocenters. The van der Waals surface area contributed by atoms with Gasteiger partial charge >= 0.3 is 0 Å². The fourth-order valence-corrected chi connectivity index (χ4v) is 3.54. The van der Waals surface area contributed by atoms with E-state index in [-0.39, 0.29) is 12.5 Å². The zero-order valence-electron chi connectivity index (χ0n) is 16.8. The molecule has 29 heavy (non-hydrogen) atoms. The molecule has 0 saturated carbocycles. The van der Waals surface area contributed by atoms with Crippen LogP contribution in [0, 0.1) is 0 Å². The average Bonchev–Trinajstić information content (AvgIpc) is 2.73. The largest absolute Gasteiger partial charge is 0.484 e. The maximum atomic E-state index is 12.4. The van der Waals surface area contributed by atoms with Gasteiger partial charge in [-0.3, -0.25) is 4.79 Å². The van der Waals surface area contributed by atoms with Gasteiger partial charge in [0.1, 0.15) is 5.75 Å². The van der Waals surface area contributed by atoms with Gasteiger partial charge in [0, 0.05) is 45.5 Å². The van der Waals surface area contributed by atoms with Crippen molar-refractivity contribution in [1.29, 1.82) is 0 Å². The van der Waals surface area contributed by atoms with Gasteiger partial charge in [-0.05, 0) is 29.8 Å². The fourth-order valence-electron chi connectivity index (χ4n) is 3.15. The van der Waals surface area contributed by atoms with Crippen LogP contribution in [-0.2, 0) is 21.4 Å². The van der Waals surface area contributed by atoms with Gasteiger partial charge in [-0.1, -0.05) is 30.3 Å². The molecule has 0 N–H and O–H groups in total. The summed E-state index contributed by atoms with van der Waals surface area (Å²) in [5.74, 6) is 0.561. The van der Waals surface area contributed by atoms with Crippen LogP contribution >= 0.6 is 0 Å². The minimum atomic E-state index is -3.22. The summed E-state index contributed by atoms with van der Waals surface area (Å²) in [6.45, 7) is 3.25. The van der Waals surface area contributed by atoms with Gasteiger partial charge in [0.2, 0.25) is 10.0 Å². The highest BCUT2D eigenvalue weighted by Gasteiger charge is 2.21. The number of amides is 1. The highest BCUT2D eigenvalue weighted by molar-refractivity contribution is 7.88. The number of benzene rings is 2. The highest BCUT2D eigenvalue weighted by Crippen LogP contribution is 2.17. The van der Waals surface area contributed by atoms with Crippen LogP contribution in [0.2, 0.25) is 0 Å². The Morgan fingerprint density at radius 3 is 2.21 bits per heavy atom. The summed E-state index contributed by atoms with van der Waals surface area (Å²) >= 11 is 0. The molecular weight excluding hydrogens is 390 g/mol. The summed E-state index contributed by atoms with van der Waals surface area (Å²) in [6, 6.07) is 17.3. The highest BCUT2D eigenvalue weighted by atomic mass is 32.2. The van der Waals surface area contributed by atoms with Crippen molar-refractivity contribution in [3.63, 3.8) is 0 Å². The smallest absolute Gasteiger partial charge is 0.260 e. The number of rotatable bonds is 7. The van der Waals surface area contributed by atoms with E-state index in [2.05, 4.69) is 17.0 Å². The summed E-state index contributed by atoms with van der Waals surface area (Å²) < 4.78 is 29.9. The first kappa shape index (κ1) is 21.1. The molecule has 8 heteroatoms. The van der Waals surface area contributed by atoms with Crippen molar-refractivity contribution in [2.24, 2.45) is 0 Å². The lowest BCUT2D eigenvalue weighted by Gasteiger charge is -2.36. The third-order valence-electron chi connectivity index (χ3n) is 5.01. The van der Waals surface area contributed by atoms with E-state index in [1.165, 1.54) is 23.3 Å². The number of carbonyl (C=O) groups is 1. The number of hydrogen-bond acceptors (Lipinski definition) is 5. The zero-order chi connectivity index (χ0) is 20.9. The van der Waals surface area contributed by atoms with Crippen LogP contribution in [0.25, 0.3) is 0 Å². The number of piperazine rings is 1. The lowest BCUT2D eigenvalue weighted by atomic mass is 10.2. The fraction of sp³-hybridized carbons (Fsp3) is 0.381. The molecule has 7 nitrogen and oxygen atoms in total. The zero-order valence-corrected chi connectivity index (χ0v) is 17.6. The Kier molecular flexibility index (Phi) is 6.76. The molecule has 1 amide bonds. The van der Waals surface area contributed by atoms with Crippen molar-refractivity contribution in [3.8, 4) is 5.75 Å². The topological polar surface area (TPSA) is 70.2 Å². The van der Waals surface area contributed by atoms with E-state index in [9.17, 15) is 13.2 Å². The van der Waals surface area contributed by atoms with Crippen molar-refractivity contribution in [1.82, 2.24) is 9.21 Å². The van der Waals surface area contributed by atoms with Crippen molar-refractivity contribution >= 4 is 21.6 Å². The van der Waals surface area contributed by atoms with Gasteiger partial charge in [-0.15, -0.1) is 0 Å². The predicted molar refractivity (Wildman–Crippen MR) is 113 cm³/mol. The molecule has 1 aliphatic heterocycles. The number of para-hydroxylation sites is 1. The molecule has 0 bridgehead atoms. The Morgan fingerprint density at radius 1 is 1.00 bits per heavy atom. The monoisotopic (exact) mass is 417 g/mol. The van der Waals surface area contributed by atoms with Crippen molar-refractivity contribution < 1.29 is 17.9 Å². The minimum Gasteiger partial charge on any atom is -0.484 e. The van der Waals surface area contributed by atoms with Crippen LogP contribution in [0.1, 0.15) is 5.56 Å². The van der Waals surface area contributed by atoms with E-state index < -0.39 is 10.0 Å². The molecule has 2 aromatic carbocycles. The number of anilines is 1. The maximum absolute atomic E-state index is 12.4. The van der Waals surface area contributed by atoms with Crippen LogP contribution in [0.4, 0.5) is 5.69 Å². The Balaban J connectivity index is 1.45. The van der Waals surface area contributed by atoms with Gasteiger partial charge < -0.3 is 14.5 Å². The molecular formula is C21H27N3O4S. The first-order chi connectivity index (χ1) is 13.8. The maximum Gasteiger partial charge on any atom is 0.260 e. The molecule has 1 fully saturated rings. The average molecular weight is 418 g/mol. The molecule has 0 unspecified atom stereocenters. The SMILES string of the molecule is CN(Cc1ccc(OCC(=O)N2CCN(c3ccccc3)CC2)cc1)S(C)(=O)=O. The van der Waals surface area contributed by atoms with Crippen molar-refractivity contribution in [2.75, 3.05) is 51.0 Å². The van der Waals surface area contributed by atoms with Crippen molar-refractivity contribution in [3.05, 3.63) is 60.2 Å². The second kappa shape index (κ2) is 9.28. The molecule has 1 aliphatic rings. The lowest BCUT2D eigenvalue weighted by molar-refractivity contribution is -0.133. The molecule has 0 spiro atoms. The van der Waals surface area contributed by atoms with Crippen LogP contribution in [0.5, 0.6) is 5.75 Å². The van der Waals surface area contributed by atoms with Crippen LogP contribution in [0.15, 0.2) is 54.6 Å². The van der Waals surface area contributed by atoms with Gasteiger partial charge in [0.05, 0.1) is 6.26 Å². The summed E-state index contributed by atoms with van der Waals surface area (Å²) in [5, 5.41) is 0. The second-order valence-corrected chi connectivity index (χ2v) is 9.24. The Labute approximate surface area is 172 Å². The first-order valence-corrected chi connectivity index (χ1v) is 11.4. The first-order valence-electron chi connectivity index (χ1n) is 9.54. The van der Waals surface area contributed by atoms with E-state index in [0.717, 1.165) is 18.7 Å². The van der Waals surface area contributed by atoms with Gasteiger partial charge in [-0.2, -0.15) is 0 Å². The van der Waals surface area contributed by atoms with E-state index >= 15 is 0 Å². The second-order valence-electron chi connectivity index (χ2n) is 7.16. The van der Waals surface area contributed by atoms with E-state index in [0.29, 0.717) is 25.4 Å². The van der Waals surface area contributed by atoms with Crippen LogP contribution < -0.4 is 9.64 Å². The minimum absolute atomic E-state index is 0.00603. The van der Waals surface area contributed by atoms with E-state index in [4.69, 9.17) is 4.74 Å². The third-order valence-corrected chi connectivity index (χ3v) is 6.27. The summed E-state index contributed by atoms with van der Waals surface area (Å²) in [6.07, 6.45) is 1.18. The Bertz CT molecular complexity index is 909. The lowest BCUT2D eigenvalue weighted by Crippen LogP contribution is -2.50. The standard InChI is InChI=1S/C21H27N3O4S/c1-22(29(2,26)27)16-18-8-10-20(11-9-18)28-17-21(25)24-14-12-23(13-15-24)19-6-4-3-5-7-19/h3-11H,12-17H2,1-2H3. The van der Waals surface area contributed by atoms with Gasteiger partial charge in [0.25, 0.3) is 5.91 Å². The van der Waals surface area contributed by atoms with Gasteiger partial charge in [-0.25, -0.2) is 12.7 Å². The summed E-state index contributed by atoms with van der Waals surface area (Å²) in [5.41, 5.74) is 2.03. The normalized spacial score (nSPS) is 14.9. The molecule has 156 valence electrons. The molecule has 1 heterocycles. The van der Waals surface area contributed by atoms with E-state index in [1.807, 2.05) is 23.1 Å². The quantitative estimate of drug-likeness (QED) is 0.687. The third kappa shape index (κ3) is 5.95. The molecule has 2 aromatic rings. The predicted octanol–water partition coefficient (Wildman–Crippen LogP) is 1.81. The summed E-state index contributed by atoms with van der Waals surface area (Å²) in [4.78, 5) is 16.5. The van der Waals surface area contributed by atoms with E-state index in [1.54, 1.807) is 24.3 Å². The number of hydrogen-bond donors (Lipinski definition) is 0. The number of ether oxygens (including phenoxy) is 1. The van der Waals surface area contributed by atoms with Crippen LogP contribution in [-0.4, -0.2) is 69.6 Å². The number of nitrogens with zero attached hydrogens (tertiary/aromatic N) is 3.